The van der Waals surface area contributed by atoms with Gasteiger partial charge >= 0.3 is 11.9 Å². The van der Waals surface area contributed by atoms with Gasteiger partial charge in [0, 0.05) is 65.3 Å². The zero-order valence-corrected chi connectivity index (χ0v) is 37.4. The molecule has 0 unspecified atom stereocenters. The molecule has 0 radical (unpaired) electrons. The number of benzene rings is 2. The molecule has 0 saturated carbocycles. The molecular formula is C52H72ClN2O4+. The Morgan fingerprint density at radius 1 is 0.661 bits per heavy atom. The highest BCUT2D eigenvalue weighted by atomic mass is 35.5. The molecule has 2 N–H and O–H groups in total. The number of anilines is 1. The van der Waals surface area contributed by atoms with E-state index in [1.165, 1.54) is 96.4 Å². The summed E-state index contributed by atoms with van der Waals surface area (Å²) in [7, 11) is 0. The number of aliphatic carboxylic acids is 2. The first kappa shape index (κ1) is 46.2. The molecule has 2 aliphatic heterocycles. The number of halogens is 1. The average molecular weight is 825 g/mol. The number of unbranched alkanes of at least 4 members (excludes halogenated alkanes) is 14. The SMILES string of the molecule is CC1(C)C(/C=C/C2=C(Cl)C(=C/C=C3/N(CCCCCCCCCCC(=O)O)c4ccccc4C3(C)C)/CCC2)=[N+](CCCCCCCCCCC(=O)O)c2ccccc21. The second-order valence-corrected chi connectivity index (χ2v) is 18.6. The number of fused-ring (bicyclic) bond motifs is 2. The first-order valence-electron chi connectivity index (χ1n) is 23.0. The zero-order valence-electron chi connectivity index (χ0n) is 36.7. The fourth-order valence-corrected chi connectivity index (χ4v) is 9.86. The van der Waals surface area contributed by atoms with Gasteiger partial charge in [0.25, 0.3) is 0 Å². The molecule has 2 aromatic carbocycles. The number of hydrogen-bond acceptors (Lipinski definition) is 3. The fraction of sp³-hybridized carbons (Fsp3) is 0.558. The van der Waals surface area contributed by atoms with Gasteiger partial charge in [0.15, 0.2) is 5.71 Å². The highest BCUT2D eigenvalue weighted by Gasteiger charge is 2.44. The Kier molecular flexibility index (Phi) is 17.7. The van der Waals surface area contributed by atoms with Crippen molar-refractivity contribution in [2.45, 2.75) is 173 Å². The van der Waals surface area contributed by atoms with E-state index in [1.807, 2.05) is 0 Å². The van der Waals surface area contributed by atoms with Crippen LogP contribution in [0.4, 0.5) is 11.4 Å². The monoisotopic (exact) mass is 824 g/mol. The maximum atomic E-state index is 10.8. The highest BCUT2D eigenvalue weighted by Crippen LogP contribution is 2.48. The topological polar surface area (TPSA) is 80.9 Å². The smallest absolute Gasteiger partial charge is 0.303 e. The predicted molar refractivity (Wildman–Crippen MR) is 246 cm³/mol. The molecule has 5 rings (SSSR count). The molecule has 3 aliphatic rings. The van der Waals surface area contributed by atoms with Gasteiger partial charge < -0.3 is 15.1 Å². The molecule has 59 heavy (non-hydrogen) atoms. The molecule has 1 aliphatic carbocycles. The Hall–Kier alpha value is -3.90. The number of nitrogens with zero attached hydrogens (tertiary/aromatic N) is 2. The van der Waals surface area contributed by atoms with E-state index in [4.69, 9.17) is 21.8 Å². The summed E-state index contributed by atoms with van der Waals surface area (Å²) in [6.45, 7) is 11.4. The summed E-state index contributed by atoms with van der Waals surface area (Å²) in [6.07, 6.45) is 30.7. The maximum Gasteiger partial charge on any atom is 0.303 e. The fourth-order valence-electron chi connectivity index (χ4n) is 9.54. The van der Waals surface area contributed by atoms with Crippen LogP contribution in [0.5, 0.6) is 0 Å². The van der Waals surface area contributed by atoms with E-state index >= 15 is 0 Å². The van der Waals surface area contributed by atoms with E-state index in [0.29, 0.717) is 0 Å². The van der Waals surface area contributed by atoms with Crippen LogP contribution in [-0.2, 0) is 20.4 Å². The van der Waals surface area contributed by atoms with Crippen LogP contribution in [-0.4, -0.2) is 45.5 Å². The molecule has 0 spiro atoms. The van der Waals surface area contributed by atoms with Gasteiger partial charge in [-0.15, -0.1) is 0 Å². The number of carbonyl (C=O) groups is 2. The second-order valence-electron chi connectivity index (χ2n) is 18.2. The molecule has 6 nitrogen and oxygen atoms in total. The van der Waals surface area contributed by atoms with Crippen LogP contribution in [0, 0.1) is 0 Å². The largest absolute Gasteiger partial charge is 0.481 e. The summed E-state index contributed by atoms with van der Waals surface area (Å²) in [5.74, 6) is -1.37. The Labute approximate surface area is 360 Å². The number of allylic oxidation sites excluding steroid dienone is 8. The number of rotatable bonds is 25. The van der Waals surface area contributed by atoms with Gasteiger partial charge in [0.2, 0.25) is 5.69 Å². The van der Waals surface area contributed by atoms with Crippen molar-refractivity contribution >= 4 is 40.6 Å². The lowest BCUT2D eigenvalue weighted by atomic mass is 9.81. The summed E-state index contributed by atoms with van der Waals surface area (Å²) < 4.78 is 2.55. The van der Waals surface area contributed by atoms with Crippen LogP contribution < -0.4 is 4.90 Å². The van der Waals surface area contributed by atoms with Crippen molar-refractivity contribution in [1.29, 1.82) is 0 Å². The minimum Gasteiger partial charge on any atom is -0.481 e. The molecule has 7 heteroatoms. The van der Waals surface area contributed by atoms with E-state index in [9.17, 15) is 9.59 Å². The van der Waals surface area contributed by atoms with Gasteiger partial charge in [0.1, 0.15) is 6.54 Å². The van der Waals surface area contributed by atoms with Gasteiger partial charge in [-0.05, 0) is 87.6 Å². The van der Waals surface area contributed by atoms with E-state index in [0.717, 1.165) is 88.8 Å². The van der Waals surface area contributed by atoms with Gasteiger partial charge in [-0.25, -0.2) is 0 Å². The molecule has 0 aromatic heterocycles. The maximum absolute atomic E-state index is 10.8. The molecule has 2 aromatic rings. The van der Waals surface area contributed by atoms with Crippen LogP contribution in [0.3, 0.4) is 0 Å². The first-order valence-corrected chi connectivity index (χ1v) is 23.3. The Balaban J connectivity index is 1.25. The minimum absolute atomic E-state index is 0.107. The summed E-state index contributed by atoms with van der Waals surface area (Å²) in [5, 5.41) is 18.6. The van der Waals surface area contributed by atoms with Crippen molar-refractivity contribution in [2.24, 2.45) is 0 Å². The van der Waals surface area contributed by atoms with Gasteiger partial charge in [-0.2, -0.15) is 4.58 Å². The van der Waals surface area contributed by atoms with E-state index in [-0.39, 0.29) is 23.7 Å². The van der Waals surface area contributed by atoms with E-state index in [1.54, 1.807) is 0 Å². The molecule has 0 saturated heterocycles. The summed E-state index contributed by atoms with van der Waals surface area (Å²) >= 11 is 7.33. The standard InChI is InChI=1S/C52H71ClN2O4/c1-51(2)42-28-19-21-30-44(42)54(38-23-15-11-7-5-9-13-17-32-48(56)57)46(51)36-34-40-26-25-27-41(50(40)53)35-37-47-52(3,4)43-29-20-22-31-45(43)55(47)39-24-16-12-8-6-10-14-18-33-49(58)59/h19-22,28-31,34-37H,5-18,23-27,32-33,38-39H2,1-4H3,(H-,56,57,58,59)/p+1. The van der Waals surface area contributed by atoms with Crippen LogP contribution in [0.25, 0.3) is 0 Å². The minimum atomic E-state index is -0.686. The molecular weight excluding hydrogens is 752 g/mol. The normalized spacial score (nSPS) is 18.4. The summed E-state index contributed by atoms with van der Waals surface area (Å²) in [4.78, 5) is 24.1. The number of hydrogen-bond donors (Lipinski definition) is 2. The molecule has 0 fully saturated rings. The third kappa shape index (κ3) is 12.6. The van der Waals surface area contributed by atoms with Crippen LogP contribution in [0.1, 0.15) is 174 Å². The van der Waals surface area contributed by atoms with E-state index < -0.39 is 11.9 Å². The number of carboxylic acids is 2. The third-order valence-electron chi connectivity index (χ3n) is 13.0. The van der Waals surface area contributed by atoms with Crippen molar-refractivity contribution in [2.75, 3.05) is 18.0 Å². The van der Waals surface area contributed by atoms with Crippen LogP contribution >= 0.6 is 11.6 Å². The molecule has 320 valence electrons. The first-order chi connectivity index (χ1) is 28.4. The highest BCUT2D eigenvalue weighted by molar-refractivity contribution is 6.32. The van der Waals surface area contributed by atoms with Gasteiger partial charge in [0.05, 0.1) is 5.41 Å². The van der Waals surface area contributed by atoms with Gasteiger partial charge in [-0.1, -0.05) is 145 Å². The number of carboxylic acid groups (broad SMARTS) is 2. The zero-order chi connectivity index (χ0) is 42.3. The second kappa shape index (κ2) is 22.6. The average Bonchev–Trinajstić information content (AvgIpc) is 3.56. The Morgan fingerprint density at radius 3 is 1.83 bits per heavy atom. The molecule has 0 atom stereocenters. The third-order valence-corrected chi connectivity index (χ3v) is 13.5. The Bertz CT molecular complexity index is 1900. The lowest BCUT2D eigenvalue weighted by molar-refractivity contribution is -0.438. The summed E-state index contributed by atoms with van der Waals surface area (Å²) in [5.41, 5.74) is 10.3. The van der Waals surface area contributed by atoms with Crippen LogP contribution in [0.15, 0.2) is 94.7 Å². The molecule has 0 amide bonds. The quantitative estimate of drug-likeness (QED) is 0.0770. The number of para-hydroxylation sites is 2. The van der Waals surface area contributed by atoms with Crippen LogP contribution in [0.2, 0.25) is 0 Å². The van der Waals surface area contributed by atoms with Crippen molar-refractivity contribution in [3.05, 3.63) is 106 Å². The van der Waals surface area contributed by atoms with Crippen molar-refractivity contribution < 1.29 is 24.4 Å². The molecule has 2 heterocycles. The van der Waals surface area contributed by atoms with Crippen molar-refractivity contribution in [3.63, 3.8) is 0 Å². The van der Waals surface area contributed by atoms with Crippen molar-refractivity contribution in [3.8, 4) is 0 Å². The predicted octanol–water partition coefficient (Wildman–Crippen LogP) is 14.1. The van der Waals surface area contributed by atoms with Gasteiger partial charge in [-0.3, -0.25) is 9.59 Å². The molecule has 0 bridgehead atoms. The lowest BCUT2D eigenvalue weighted by Crippen LogP contribution is -2.28. The summed E-state index contributed by atoms with van der Waals surface area (Å²) in [6, 6.07) is 17.8. The lowest BCUT2D eigenvalue weighted by Gasteiger charge is -2.27. The van der Waals surface area contributed by atoms with E-state index in [2.05, 4.69) is 110 Å². The Morgan fingerprint density at radius 2 is 1.20 bits per heavy atom. The van der Waals surface area contributed by atoms with Crippen molar-refractivity contribution in [1.82, 2.24) is 0 Å².